The van der Waals surface area contributed by atoms with Crippen LogP contribution >= 0.6 is 0 Å². The third-order valence-corrected chi connectivity index (χ3v) is 2.21. The smallest absolute Gasteiger partial charge is 0.259 e. The summed E-state index contributed by atoms with van der Waals surface area (Å²) in [5.41, 5.74) is 1.15. The van der Waals surface area contributed by atoms with Crippen LogP contribution in [0, 0.1) is 0 Å². The van der Waals surface area contributed by atoms with Crippen LogP contribution in [-0.2, 0) is 0 Å². The Kier molecular flexibility index (Phi) is 3.30. The van der Waals surface area contributed by atoms with Gasteiger partial charge in [0.1, 0.15) is 5.82 Å². The Morgan fingerprint density at radius 3 is 2.76 bits per heavy atom. The topological polar surface area (TPSA) is 66.9 Å². The number of hydrogen-bond donors (Lipinski definition) is 2. The summed E-state index contributed by atoms with van der Waals surface area (Å²) < 4.78 is 0. The van der Waals surface area contributed by atoms with E-state index in [1.807, 2.05) is 0 Å². The molecule has 0 aromatic carbocycles. The summed E-state index contributed by atoms with van der Waals surface area (Å²) in [6.07, 6.45) is 4.87. The summed E-state index contributed by atoms with van der Waals surface area (Å²) in [6.45, 7) is 0. The third-order valence-electron chi connectivity index (χ3n) is 2.21. The van der Waals surface area contributed by atoms with Gasteiger partial charge in [-0.2, -0.15) is 0 Å². The van der Waals surface area contributed by atoms with Crippen LogP contribution in [0.2, 0.25) is 0 Å². The van der Waals surface area contributed by atoms with Crippen LogP contribution < -0.4 is 10.6 Å². The molecule has 0 aliphatic carbocycles. The standard InChI is InChI=1S/C12H12N4O/c1-13-11-10(5-3-7-15-11)12(17)16-9-4-2-6-14-8-9/h2-8H,1H3,(H,13,15)(H,16,17). The Morgan fingerprint density at radius 1 is 1.24 bits per heavy atom. The minimum atomic E-state index is -0.213. The second-order valence-electron chi connectivity index (χ2n) is 3.35. The van der Waals surface area contributed by atoms with Crippen LogP contribution in [0.1, 0.15) is 10.4 Å². The van der Waals surface area contributed by atoms with Gasteiger partial charge in [0.2, 0.25) is 0 Å². The van der Waals surface area contributed by atoms with Crippen LogP contribution in [-0.4, -0.2) is 22.9 Å². The zero-order valence-corrected chi connectivity index (χ0v) is 9.34. The van der Waals surface area contributed by atoms with Crippen molar-refractivity contribution in [2.45, 2.75) is 0 Å². The van der Waals surface area contributed by atoms with Gasteiger partial charge in [0.15, 0.2) is 0 Å². The van der Waals surface area contributed by atoms with E-state index in [4.69, 9.17) is 0 Å². The van der Waals surface area contributed by atoms with E-state index in [2.05, 4.69) is 20.6 Å². The molecular formula is C12H12N4O. The average Bonchev–Trinajstić information content (AvgIpc) is 2.40. The molecule has 86 valence electrons. The number of nitrogens with zero attached hydrogens (tertiary/aromatic N) is 2. The van der Waals surface area contributed by atoms with Crippen molar-refractivity contribution < 1.29 is 4.79 Å². The van der Waals surface area contributed by atoms with Gasteiger partial charge in [0, 0.05) is 19.4 Å². The van der Waals surface area contributed by atoms with Crippen molar-refractivity contribution in [3.05, 3.63) is 48.4 Å². The van der Waals surface area contributed by atoms with Gasteiger partial charge in [0.25, 0.3) is 5.91 Å². The number of nitrogens with one attached hydrogen (secondary N) is 2. The Balaban J connectivity index is 2.20. The number of rotatable bonds is 3. The summed E-state index contributed by atoms with van der Waals surface area (Å²) >= 11 is 0. The van der Waals surface area contributed by atoms with Crippen molar-refractivity contribution in [1.29, 1.82) is 0 Å². The maximum atomic E-state index is 12.0. The van der Waals surface area contributed by atoms with Crippen molar-refractivity contribution in [3.63, 3.8) is 0 Å². The first-order chi connectivity index (χ1) is 8.31. The lowest BCUT2D eigenvalue weighted by Crippen LogP contribution is -2.14. The van der Waals surface area contributed by atoms with Gasteiger partial charge in [0.05, 0.1) is 17.4 Å². The lowest BCUT2D eigenvalue weighted by molar-refractivity contribution is 0.102. The Labute approximate surface area is 98.9 Å². The number of pyridine rings is 2. The van der Waals surface area contributed by atoms with E-state index in [9.17, 15) is 4.79 Å². The highest BCUT2D eigenvalue weighted by molar-refractivity contribution is 6.07. The number of aromatic nitrogens is 2. The predicted octanol–water partition coefficient (Wildman–Crippen LogP) is 1.77. The number of anilines is 2. The second kappa shape index (κ2) is 5.07. The van der Waals surface area contributed by atoms with E-state index in [1.165, 1.54) is 0 Å². The molecule has 2 aromatic rings. The van der Waals surface area contributed by atoms with E-state index in [1.54, 1.807) is 49.9 Å². The molecule has 2 rings (SSSR count). The molecule has 0 radical (unpaired) electrons. The SMILES string of the molecule is CNc1ncccc1C(=O)Nc1cccnc1. The molecule has 5 nitrogen and oxygen atoms in total. The minimum Gasteiger partial charge on any atom is -0.372 e. The summed E-state index contributed by atoms with van der Waals surface area (Å²) in [5.74, 6) is 0.337. The number of carbonyl (C=O) groups excluding carboxylic acids is 1. The second-order valence-corrected chi connectivity index (χ2v) is 3.35. The van der Waals surface area contributed by atoms with Crippen LogP contribution in [0.5, 0.6) is 0 Å². The number of carbonyl (C=O) groups is 1. The van der Waals surface area contributed by atoms with E-state index < -0.39 is 0 Å². The molecule has 0 aliphatic rings. The Hall–Kier alpha value is -2.43. The largest absolute Gasteiger partial charge is 0.372 e. The molecular weight excluding hydrogens is 216 g/mol. The van der Waals surface area contributed by atoms with Crippen LogP contribution in [0.4, 0.5) is 11.5 Å². The summed E-state index contributed by atoms with van der Waals surface area (Å²) in [5, 5.41) is 5.63. The molecule has 1 amide bonds. The molecule has 0 bridgehead atoms. The van der Waals surface area contributed by atoms with Crippen molar-refractivity contribution >= 4 is 17.4 Å². The first-order valence-electron chi connectivity index (χ1n) is 5.15. The minimum absolute atomic E-state index is 0.213. The van der Waals surface area contributed by atoms with E-state index in [-0.39, 0.29) is 5.91 Å². The third kappa shape index (κ3) is 2.57. The van der Waals surface area contributed by atoms with E-state index >= 15 is 0 Å². The van der Waals surface area contributed by atoms with Gasteiger partial charge in [-0.05, 0) is 24.3 Å². The molecule has 0 unspecified atom stereocenters. The zero-order valence-electron chi connectivity index (χ0n) is 9.34. The van der Waals surface area contributed by atoms with Crippen LogP contribution in [0.3, 0.4) is 0 Å². The molecule has 0 saturated carbocycles. The lowest BCUT2D eigenvalue weighted by atomic mass is 10.2. The Bertz CT molecular complexity index is 513. The molecule has 0 saturated heterocycles. The van der Waals surface area contributed by atoms with Crippen LogP contribution in [0.15, 0.2) is 42.9 Å². The van der Waals surface area contributed by atoms with Gasteiger partial charge in [-0.25, -0.2) is 4.98 Å². The van der Waals surface area contributed by atoms with Gasteiger partial charge in [-0.3, -0.25) is 9.78 Å². The monoisotopic (exact) mass is 228 g/mol. The molecule has 0 spiro atoms. The average molecular weight is 228 g/mol. The quantitative estimate of drug-likeness (QED) is 0.840. The van der Waals surface area contributed by atoms with Gasteiger partial charge >= 0.3 is 0 Å². The van der Waals surface area contributed by atoms with Crippen LogP contribution in [0.25, 0.3) is 0 Å². The lowest BCUT2D eigenvalue weighted by Gasteiger charge is -2.08. The normalized spacial score (nSPS) is 9.71. The van der Waals surface area contributed by atoms with Gasteiger partial charge in [-0.1, -0.05) is 0 Å². The zero-order chi connectivity index (χ0) is 12.1. The van der Waals surface area contributed by atoms with Gasteiger partial charge in [-0.15, -0.1) is 0 Å². The maximum Gasteiger partial charge on any atom is 0.259 e. The molecule has 0 aliphatic heterocycles. The molecule has 17 heavy (non-hydrogen) atoms. The summed E-state index contributed by atoms with van der Waals surface area (Å²) in [6, 6.07) is 6.97. The van der Waals surface area contributed by atoms with E-state index in [0.717, 1.165) is 0 Å². The fraction of sp³-hybridized carbons (Fsp3) is 0.0833. The van der Waals surface area contributed by atoms with Crippen molar-refractivity contribution in [3.8, 4) is 0 Å². The number of amides is 1. The molecule has 2 heterocycles. The fourth-order valence-corrected chi connectivity index (χ4v) is 1.42. The van der Waals surface area contributed by atoms with Gasteiger partial charge < -0.3 is 10.6 Å². The summed E-state index contributed by atoms with van der Waals surface area (Å²) in [4.78, 5) is 20.0. The van der Waals surface area contributed by atoms with Crippen molar-refractivity contribution in [2.24, 2.45) is 0 Å². The fourth-order valence-electron chi connectivity index (χ4n) is 1.42. The molecule has 5 heteroatoms. The maximum absolute atomic E-state index is 12.0. The first kappa shape index (κ1) is 11.1. The highest BCUT2D eigenvalue weighted by atomic mass is 16.1. The van der Waals surface area contributed by atoms with Crippen molar-refractivity contribution in [2.75, 3.05) is 17.7 Å². The highest BCUT2D eigenvalue weighted by Gasteiger charge is 2.10. The molecule has 0 fully saturated rings. The molecule has 0 atom stereocenters. The first-order valence-corrected chi connectivity index (χ1v) is 5.15. The van der Waals surface area contributed by atoms with E-state index in [0.29, 0.717) is 17.1 Å². The Morgan fingerprint density at radius 2 is 2.06 bits per heavy atom. The predicted molar refractivity (Wildman–Crippen MR) is 66.0 cm³/mol. The van der Waals surface area contributed by atoms with Crippen molar-refractivity contribution in [1.82, 2.24) is 9.97 Å². The molecule has 2 N–H and O–H groups in total. The molecule has 2 aromatic heterocycles. The highest BCUT2D eigenvalue weighted by Crippen LogP contribution is 2.13. The summed E-state index contributed by atoms with van der Waals surface area (Å²) in [7, 11) is 1.73. The number of hydrogen-bond acceptors (Lipinski definition) is 4.